The third kappa shape index (κ3) is 4.61. The van der Waals surface area contributed by atoms with Gasteiger partial charge in [-0.1, -0.05) is 23.7 Å². The molecule has 12 heteroatoms. The molecular weight excluding hydrogens is 507 g/mol. The lowest BCUT2D eigenvalue weighted by molar-refractivity contribution is -0.121. The molecule has 1 atom stereocenters. The molecule has 1 N–H and O–H groups in total. The number of anilines is 1. The summed E-state index contributed by atoms with van der Waals surface area (Å²) in [4.78, 5) is 29.9. The first-order valence-corrected chi connectivity index (χ1v) is 12.0. The van der Waals surface area contributed by atoms with Gasteiger partial charge in [-0.3, -0.25) is 9.78 Å². The topological polar surface area (TPSA) is 96.4 Å². The Morgan fingerprint density at radius 3 is 2.26 bits per heavy atom. The Labute approximate surface area is 203 Å². The number of carbonyl (C=O) groups is 2. The third-order valence-electron chi connectivity index (χ3n) is 5.49. The molecule has 1 fully saturated rings. The van der Waals surface area contributed by atoms with E-state index in [0.29, 0.717) is 28.4 Å². The Bertz CT molecular complexity index is 1410. The normalized spacial score (nSPS) is 18.6. The van der Waals surface area contributed by atoms with Crippen LogP contribution in [0.3, 0.4) is 0 Å². The van der Waals surface area contributed by atoms with E-state index in [1.165, 1.54) is 6.92 Å². The number of imide groups is 1. The standard InChI is InChI=1S/C23H17ClF3N3O4S/c1-22(13-14-10-11-28-19(12-14)15-2-4-16(24)5-3-15)20(31)30(21(32)29-22)17-6-8-18(9-7-17)35(33,34)23(25,26)27/h2-12H,13H2,1H3,(H,29,32). The second-order valence-electron chi connectivity index (χ2n) is 8.08. The minimum atomic E-state index is -5.55. The van der Waals surface area contributed by atoms with Crippen LogP contribution in [-0.4, -0.2) is 36.4 Å². The lowest BCUT2D eigenvalue weighted by Crippen LogP contribution is -2.46. The lowest BCUT2D eigenvalue weighted by atomic mass is 9.92. The van der Waals surface area contributed by atoms with E-state index in [-0.39, 0.29) is 12.1 Å². The summed E-state index contributed by atoms with van der Waals surface area (Å²) in [5.74, 6) is -0.640. The Morgan fingerprint density at radius 1 is 1.03 bits per heavy atom. The van der Waals surface area contributed by atoms with E-state index in [4.69, 9.17) is 11.6 Å². The summed E-state index contributed by atoms with van der Waals surface area (Å²) < 4.78 is 61.5. The van der Waals surface area contributed by atoms with Crippen molar-refractivity contribution in [3.63, 3.8) is 0 Å². The Balaban J connectivity index is 1.58. The van der Waals surface area contributed by atoms with Crippen LogP contribution in [-0.2, 0) is 21.1 Å². The van der Waals surface area contributed by atoms with Gasteiger partial charge in [0.2, 0.25) is 0 Å². The highest BCUT2D eigenvalue weighted by Crippen LogP contribution is 2.33. The average Bonchev–Trinajstić information content (AvgIpc) is 3.01. The van der Waals surface area contributed by atoms with Gasteiger partial charge in [-0.15, -0.1) is 0 Å². The van der Waals surface area contributed by atoms with Crippen molar-refractivity contribution < 1.29 is 31.2 Å². The zero-order valence-electron chi connectivity index (χ0n) is 18.0. The number of rotatable bonds is 5. The maximum atomic E-state index is 13.2. The van der Waals surface area contributed by atoms with E-state index in [1.807, 2.05) is 0 Å². The molecular formula is C23H17ClF3N3O4S. The number of halogens is 4. The van der Waals surface area contributed by atoms with Crippen molar-refractivity contribution in [2.24, 2.45) is 0 Å². The molecule has 4 rings (SSSR count). The van der Waals surface area contributed by atoms with E-state index in [0.717, 1.165) is 22.6 Å². The number of aromatic nitrogens is 1. The molecule has 1 saturated heterocycles. The molecule has 0 aliphatic carbocycles. The highest BCUT2D eigenvalue weighted by atomic mass is 35.5. The number of sulfone groups is 1. The summed E-state index contributed by atoms with van der Waals surface area (Å²) in [6.07, 6.45) is 1.68. The van der Waals surface area contributed by atoms with Gasteiger partial charge in [0.05, 0.1) is 16.3 Å². The Kier molecular flexibility index (Phi) is 6.10. The van der Waals surface area contributed by atoms with E-state index < -0.39 is 37.7 Å². The molecule has 7 nitrogen and oxygen atoms in total. The van der Waals surface area contributed by atoms with Gasteiger partial charge in [-0.05, 0) is 61.0 Å². The lowest BCUT2D eigenvalue weighted by Gasteiger charge is -2.22. The fourth-order valence-electron chi connectivity index (χ4n) is 3.72. The molecule has 2 aromatic carbocycles. The number of urea groups is 1. The Hall–Kier alpha value is -3.44. The minimum absolute atomic E-state index is 0.0612. The second kappa shape index (κ2) is 8.65. The number of alkyl halides is 3. The monoisotopic (exact) mass is 523 g/mol. The summed E-state index contributed by atoms with van der Waals surface area (Å²) in [6.45, 7) is 1.53. The molecule has 1 unspecified atom stereocenters. The van der Waals surface area contributed by atoms with Crippen LogP contribution in [0.15, 0.2) is 71.8 Å². The van der Waals surface area contributed by atoms with Crippen LogP contribution in [0.5, 0.6) is 0 Å². The van der Waals surface area contributed by atoms with Crippen LogP contribution in [0.4, 0.5) is 23.7 Å². The average molecular weight is 524 g/mol. The predicted molar refractivity (Wildman–Crippen MR) is 122 cm³/mol. The number of hydrogen-bond acceptors (Lipinski definition) is 5. The number of benzene rings is 2. The van der Waals surface area contributed by atoms with Gasteiger partial charge in [0.25, 0.3) is 15.7 Å². The van der Waals surface area contributed by atoms with Gasteiger partial charge in [0, 0.05) is 23.2 Å². The molecule has 0 saturated carbocycles. The first kappa shape index (κ1) is 24.7. The van der Waals surface area contributed by atoms with Crippen LogP contribution < -0.4 is 10.2 Å². The van der Waals surface area contributed by atoms with Gasteiger partial charge >= 0.3 is 11.5 Å². The molecule has 3 aromatic rings. The molecule has 1 aliphatic rings. The van der Waals surface area contributed by atoms with Crippen molar-refractivity contribution in [2.45, 2.75) is 29.3 Å². The number of amides is 3. The van der Waals surface area contributed by atoms with Crippen LogP contribution in [0.1, 0.15) is 12.5 Å². The highest BCUT2D eigenvalue weighted by Gasteiger charge is 2.49. The smallest absolute Gasteiger partial charge is 0.323 e. The summed E-state index contributed by atoms with van der Waals surface area (Å²) in [6, 6.07) is 13.1. The van der Waals surface area contributed by atoms with Crippen LogP contribution >= 0.6 is 11.6 Å². The number of nitrogens with one attached hydrogen (secondary N) is 1. The largest absolute Gasteiger partial charge is 0.501 e. The molecule has 1 aliphatic heterocycles. The molecule has 3 amide bonds. The minimum Gasteiger partial charge on any atom is -0.323 e. The summed E-state index contributed by atoms with van der Waals surface area (Å²) in [5.41, 5.74) is -4.74. The van der Waals surface area contributed by atoms with Crippen LogP contribution in [0, 0.1) is 0 Å². The number of hydrogen-bond donors (Lipinski definition) is 1. The van der Waals surface area contributed by atoms with Crippen molar-refractivity contribution >= 4 is 39.1 Å². The highest BCUT2D eigenvalue weighted by molar-refractivity contribution is 7.92. The second-order valence-corrected chi connectivity index (χ2v) is 10.5. The van der Waals surface area contributed by atoms with E-state index in [2.05, 4.69) is 10.3 Å². The zero-order chi connectivity index (χ0) is 25.6. The number of carbonyl (C=O) groups excluding carboxylic acids is 2. The predicted octanol–water partition coefficient (Wildman–Crippen LogP) is 4.75. The summed E-state index contributed by atoms with van der Waals surface area (Å²) >= 11 is 5.92. The van der Waals surface area contributed by atoms with Gasteiger partial charge < -0.3 is 5.32 Å². The van der Waals surface area contributed by atoms with E-state index >= 15 is 0 Å². The molecule has 182 valence electrons. The number of nitrogens with zero attached hydrogens (tertiary/aromatic N) is 2. The van der Waals surface area contributed by atoms with Crippen molar-refractivity contribution in [3.05, 3.63) is 77.4 Å². The van der Waals surface area contributed by atoms with Crippen LogP contribution in [0.2, 0.25) is 5.02 Å². The first-order valence-electron chi connectivity index (χ1n) is 10.1. The molecule has 35 heavy (non-hydrogen) atoms. The quantitative estimate of drug-likeness (QED) is 0.487. The Morgan fingerprint density at radius 2 is 1.66 bits per heavy atom. The number of pyridine rings is 1. The van der Waals surface area contributed by atoms with Crippen LogP contribution in [0.25, 0.3) is 11.3 Å². The fourth-order valence-corrected chi connectivity index (χ4v) is 4.61. The molecule has 0 bridgehead atoms. The fraction of sp³-hybridized carbons (Fsp3) is 0.174. The van der Waals surface area contributed by atoms with Crippen molar-refractivity contribution in [3.8, 4) is 11.3 Å². The first-order chi connectivity index (χ1) is 16.3. The van der Waals surface area contributed by atoms with Crippen molar-refractivity contribution in [1.82, 2.24) is 10.3 Å². The SMILES string of the molecule is CC1(Cc2ccnc(-c3ccc(Cl)cc3)c2)NC(=O)N(c2ccc(S(=O)(=O)C(F)(F)F)cc2)C1=O. The molecule has 0 spiro atoms. The summed E-state index contributed by atoms with van der Waals surface area (Å²) in [7, 11) is -5.55. The molecule has 0 radical (unpaired) electrons. The van der Waals surface area contributed by atoms with Gasteiger partial charge in [-0.25, -0.2) is 18.1 Å². The van der Waals surface area contributed by atoms with Gasteiger partial charge in [0.1, 0.15) is 5.54 Å². The van der Waals surface area contributed by atoms with Crippen molar-refractivity contribution in [2.75, 3.05) is 4.90 Å². The molecule has 2 heterocycles. The zero-order valence-corrected chi connectivity index (χ0v) is 19.6. The van der Waals surface area contributed by atoms with E-state index in [1.54, 1.807) is 42.6 Å². The van der Waals surface area contributed by atoms with Crippen molar-refractivity contribution in [1.29, 1.82) is 0 Å². The van der Waals surface area contributed by atoms with E-state index in [9.17, 15) is 31.2 Å². The summed E-state index contributed by atoms with van der Waals surface area (Å²) in [5, 5.41) is 3.18. The van der Waals surface area contributed by atoms with Gasteiger partial charge in [0.15, 0.2) is 0 Å². The third-order valence-corrected chi connectivity index (χ3v) is 7.25. The van der Waals surface area contributed by atoms with Gasteiger partial charge in [-0.2, -0.15) is 13.2 Å². The maximum Gasteiger partial charge on any atom is 0.501 e. The molecule has 1 aromatic heterocycles. The maximum absolute atomic E-state index is 13.2.